The highest BCUT2D eigenvalue weighted by molar-refractivity contribution is 7.86. The first-order chi connectivity index (χ1) is 23.5. The van der Waals surface area contributed by atoms with Gasteiger partial charge in [-0.15, -0.1) is 0 Å². The fraction of sp³-hybridized carbons (Fsp3) is 0.686. The van der Waals surface area contributed by atoms with Crippen molar-refractivity contribution in [3.63, 3.8) is 0 Å². The van der Waals surface area contributed by atoms with Crippen molar-refractivity contribution in [3.05, 3.63) is 42.1 Å². The fourth-order valence-electron chi connectivity index (χ4n) is 8.18. The summed E-state index contributed by atoms with van der Waals surface area (Å²) in [5.41, 5.74) is 0.411. The Balaban J connectivity index is 1.04. The topological polar surface area (TPSA) is 114 Å². The van der Waals surface area contributed by atoms with Gasteiger partial charge in [0.1, 0.15) is 17.9 Å². The average Bonchev–Trinajstić information content (AvgIpc) is 3.55. The number of nitrogens with one attached hydrogen (secondary N) is 1. The third-order valence-electron chi connectivity index (χ3n) is 10.9. The number of nitrogens with zero attached hydrogens (tertiary/aromatic N) is 7. The van der Waals surface area contributed by atoms with Gasteiger partial charge >= 0.3 is 0 Å². The smallest absolute Gasteiger partial charge is 0.282 e. The number of amides is 1. The largest absolute Gasteiger partial charge is 0.451 e. The van der Waals surface area contributed by atoms with E-state index in [0.717, 1.165) is 64.8 Å². The van der Waals surface area contributed by atoms with Crippen molar-refractivity contribution >= 4 is 21.9 Å². The van der Waals surface area contributed by atoms with E-state index in [2.05, 4.69) is 25.1 Å². The molecule has 4 aliphatic heterocycles. The van der Waals surface area contributed by atoms with Gasteiger partial charge in [-0.05, 0) is 102 Å². The van der Waals surface area contributed by atoms with E-state index in [1.165, 1.54) is 24.5 Å². The van der Waals surface area contributed by atoms with Gasteiger partial charge in [0.2, 0.25) is 0 Å². The van der Waals surface area contributed by atoms with Crippen molar-refractivity contribution in [1.82, 2.24) is 33.7 Å². The van der Waals surface area contributed by atoms with Crippen LogP contribution in [-0.2, 0) is 10.2 Å². The molecule has 270 valence electrons. The van der Waals surface area contributed by atoms with Gasteiger partial charge < -0.3 is 24.8 Å². The van der Waals surface area contributed by atoms with Crippen molar-refractivity contribution in [2.45, 2.75) is 71.9 Å². The normalized spacial score (nSPS) is 22.7. The summed E-state index contributed by atoms with van der Waals surface area (Å²) in [6, 6.07) is 3.92. The number of hydrogen-bond donors (Lipinski definition) is 1. The second-order valence-corrected chi connectivity index (χ2v) is 16.7. The summed E-state index contributed by atoms with van der Waals surface area (Å²) in [6.07, 6.45) is 8.25. The number of aromatic nitrogens is 2. The lowest BCUT2D eigenvalue weighted by Gasteiger charge is -2.47. The van der Waals surface area contributed by atoms with Crippen molar-refractivity contribution in [1.29, 1.82) is 0 Å². The summed E-state index contributed by atoms with van der Waals surface area (Å²) >= 11 is 0. The lowest BCUT2D eigenvalue weighted by atomic mass is 9.71. The third-order valence-corrected chi connectivity index (χ3v) is 13.0. The Hall–Kier alpha value is -2.91. The summed E-state index contributed by atoms with van der Waals surface area (Å²) in [6.45, 7) is 16.3. The second-order valence-electron chi connectivity index (χ2n) is 14.8. The molecule has 1 amide bonds. The molecule has 0 radical (unpaired) electrons. The molecule has 6 rings (SSSR count). The lowest BCUT2D eigenvalue weighted by molar-refractivity contribution is 0.0492. The number of piperidine rings is 2. The van der Waals surface area contributed by atoms with Crippen LogP contribution in [-0.4, -0.2) is 127 Å². The molecule has 0 bridgehead atoms. The van der Waals surface area contributed by atoms with Gasteiger partial charge in [-0.1, -0.05) is 0 Å². The number of benzene rings is 1. The molecular weight excluding hydrogens is 648 g/mol. The summed E-state index contributed by atoms with van der Waals surface area (Å²) in [5, 5.41) is 3.24. The van der Waals surface area contributed by atoms with Crippen LogP contribution in [0.1, 0.15) is 70.2 Å². The van der Waals surface area contributed by atoms with Crippen LogP contribution < -0.4 is 15.0 Å². The SMILES string of the molecule is CC(C)N(C(=O)c1cc(F)ccc1Oc1cncnc1N1CC[C@@H](CN2CCC3(CC2)CCN(S(=O)(=O)N2CCNCC2)CC3)C1)C(C)C. The van der Waals surface area contributed by atoms with Crippen molar-refractivity contribution in [2.75, 3.05) is 76.9 Å². The average molecular weight is 701 g/mol. The molecule has 0 saturated carbocycles. The van der Waals surface area contributed by atoms with E-state index in [-0.39, 0.29) is 34.7 Å². The Morgan fingerprint density at radius 3 is 2.31 bits per heavy atom. The molecule has 49 heavy (non-hydrogen) atoms. The number of ether oxygens (including phenoxy) is 1. The highest BCUT2D eigenvalue weighted by atomic mass is 32.2. The molecule has 1 N–H and O–H groups in total. The number of hydrogen-bond acceptors (Lipinski definition) is 9. The van der Waals surface area contributed by atoms with Crippen LogP contribution in [0, 0.1) is 17.2 Å². The molecule has 1 atom stereocenters. The van der Waals surface area contributed by atoms with E-state index < -0.39 is 16.0 Å². The minimum absolute atomic E-state index is 0.0643. The van der Waals surface area contributed by atoms with Crippen LogP contribution in [0.3, 0.4) is 0 Å². The van der Waals surface area contributed by atoms with Crippen LogP contribution in [0.25, 0.3) is 0 Å². The summed E-state index contributed by atoms with van der Waals surface area (Å²) in [7, 11) is -3.37. The molecule has 2 aromatic rings. The molecular formula is C35H53FN8O4S. The van der Waals surface area contributed by atoms with Crippen LogP contribution in [0.15, 0.2) is 30.7 Å². The Labute approximate surface area is 291 Å². The molecule has 1 aromatic heterocycles. The predicted molar refractivity (Wildman–Crippen MR) is 188 cm³/mol. The molecule has 1 aromatic carbocycles. The van der Waals surface area contributed by atoms with Gasteiger partial charge in [-0.3, -0.25) is 4.79 Å². The number of halogens is 1. The standard InChI is InChI=1S/C35H53FN8O4S/c1-26(2)44(27(3)4)34(45)30-21-29(36)5-6-31(30)48-32-22-38-25-39-33(32)41-14-7-28(24-41)23-40-15-8-35(9-16-40)10-17-42(18-11-35)49(46,47)43-19-12-37-13-20-43/h5-6,21-22,25-28,37H,7-20,23-24H2,1-4H3/t28-/m0/s1. The Morgan fingerprint density at radius 1 is 0.980 bits per heavy atom. The molecule has 1 spiro atoms. The molecule has 12 nitrogen and oxygen atoms in total. The highest BCUT2D eigenvalue weighted by Crippen LogP contribution is 2.42. The van der Waals surface area contributed by atoms with Gasteiger partial charge in [0.05, 0.1) is 11.8 Å². The molecule has 4 fully saturated rings. The summed E-state index contributed by atoms with van der Waals surface area (Å²) < 4.78 is 50.5. The summed E-state index contributed by atoms with van der Waals surface area (Å²) in [4.78, 5) is 28.9. The van der Waals surface area contributed by atoms with Gasteiger partial charge in [-0.25, -0.2) is 14.4 Å². The number of likely N-dealkylation sites (tertiary alicyclic amines) is 1. The maximum Gasteiger partial charge on any atom is 0.282 e. The zero-order valence-electron chi connectivity index (χ0n) is 29.5. The van der Waals surface area contributed by atoms with E-state index in [1.54, 1.807) is 19.7 Å². The van der Waals surface area contributed by atoms with E-state index in [9.17, 15) is 17.6 Å². The van der Waals surface area contributed by atoms with E-state index in [4.69, 9.17) is 4.74 Å². The Bertz CT molecular complexity index is 1540. The lowest BCUT2D eigenvalue weighted by Crippen LogP contribution is -2.55. The van der Waals surface area contributed by atoms with Gasteiger partial charge in [0.25, 0.3) is 16.1 Å². The van der Waals surface area contributed by atoms with E-state index >= 15 is 0 Å². The van der Waals surface area contributed by atoms with Crippen molar-refractivity contribution in [3.8, 4) is 11.5 Å². The first-order valence-corrected chi connectivity index (χ1v) is 19.4. The number of carbonyl (C=O) groups excluding carboxylic acids is 1. The van der Waals surface area contributed by atoms with Gasteiger partial charge in [-0.2, -0.15) is 17.0 Å². The maximum atomic E-state index is 14.4. The molecule has 4 saturated heterocycles. The number of anilines is 1. The number of piperazine rings is 1. The third kappa shape index (κ3) is 8.03. The van der Waals surface area contributed by atoms with E-state index in [1.807, 2.05) is 27.7 Å². The van der Waals surface area contributed by atoms with E-state index in [0.29, 0.717) is 56.8 Å². The molecule has 0 aliphatic carbocycles. The minimum atomic E-state index is -3.37. The highest BCUT2D eigenvalue weighted by Gasteiger charge is 2.42. The quantitative estimate of drug-likeness (QED) is 0.395. The molecule has 4 aliphatic rings. The first kappa shape index (κ1) is 35.9. The molecule has 14 heteroatoms. The van der Waals surface area contributed by atoms with Crippen LogP contribution in [0.4, 0.5) is 10.2 Å². The Kier molecular flexibility index (Phi) is 11.1. The predicted octanol–water partition coefficient (Wildman–Crippen LogP) is 3.82. The molecule has 0 unspecified atom stereocenters. The zero-order valence-corrected chi connectivity index (χ0v) is 30.3. The van der Waals surface area contributed by atoms with Crippen molar-refractivity contribution in [2.24, 2.45) is 11.3 Å². The summed E-state index contributed by atoms with van der Waals surface area (Å²) in [5.74, 6) is 1.08. The Morgan fingerprint density at radius 2 is 1.63 bits per heavy atom. The number of carbonyl (C=O) groups is 1. The van der Waals surface area contributed by atoms with Gasteiger partial charge in [0, 0.05) is 71.0 Å². The minimum Gasteiger partial charge on any atom is -0.451 e. The number of rotatable bonds is 10. The monoisotopic (exact) mass is 700 g/mol. The van der Waals surface area contributed by atoms with Gasteiger partial charge in [0.15, 0.2) is 11.6 Å². The second kappa shape index (κ2) is 15.1. The zero-order chi connectivity index (χ0) is 34.8. The fourth-order valence-corrected chi connectivity index (χ4v) is 9.79. The van der Waals surface area contributed by atoms with Crippen LogP contribution in [0.5, 0.6) is 11.5 Å². The maximum absolute atomic E-state index is 14.4. The van der Waals surface area contributed by atoms with Crippen LogP contribution >= 0.6 is 0 Å². The van der Waals surface area contributed by atoms with Crippen LogP contribution in [0.2, 0.25) is 0 Å². The molecule has 5 heterocycles. The first-order valence-electron chi connectivity index (χ1n) is 18.0. The van der Waals surface area contributed by atoms with Crippen molar-refractivity contribution < 1.29 is 22.3 Å².